The van der Waals surface area contributed by atoms with E-state index in [9.17, 15) is 9.59 Å². The van der Waals surface area contributed by atoms with Gasteiger partial charge >= 0.3 is 0 Å². The average molecular weight is 431 g/mol. The van der Waals surface area contributed by atoms with Crippen molar-refractivity contribution < 1.29 is 14.3 Å². The second-order valence-corrected chi connectivity index (χ2v) is 7.41. The van der Waals surface area contributed by atoms with Crippen molar-refractivity contribution in [3.05, 3.63) is 58.6 Å². The third kappa shape index (κ3) is 5.10. The second-order valence-electron chi connectivity index (χ2n) is 6.50. The maximum atomic E-state index is 12.4. The van der Waals surface area contributed by atoms with Crippen molar-refractivity contribution >= 4 is 33.3 Å². The van der Waals surface area contributed by atoms with Gasteiger partial charge in [0.2, 0.25) is 5.91 Å². The molecule has 0 spiro atoms. The van der Waals surface area contributed by atoms with Crippen molar-refractivity contribution in [2.45, 2.75) is 12.8 Å². The van der Waals surface area contributed by atoms with Crippen LogP contribution in [0.3, 0.4) is 0 Å². The highest BCUT2D eigenvalue weighted by atomic mass is 79.9. The van der Waals surface area contributed by atoms with Crippen LogP contribution < -0.4 is 9.64 Å². The quantitative estimate of drug-likeness (QED) is 0.654. The van der Waals surface area contributed by atoms with Crippen LogP contribution in [0.15, 0.2) is 53.0 Å². The van der Waals surface area contributed by atoms with Crippen LogP contribution in [0.4, 0.5) is 5.69 Å². The summed E-state index contributed by atoms with van der Waals surface area (Å²) < 4.78 is 6.12. The number of hydrogen-bond acceptors (Lipinski definition) is 4. The zero-order chi connectivity index (χ0) is 19.2. The Morgan fingerprint density at radius 1 is 0.926 bits per heavy atom. The van der Waals surface area contributed by atoms with Gasteiger partial charge in [0.25, 0.3) is 0 Å². The van der Waals surface area contributed by atoms with E-state index in [-0.39, 0.29) is 24.5 Å². The number of Topliss-reactive ketones (excluding diaryl/α,β-unsaturated/α-hetero) is 1. The molecular formula is C21H23BrN2O3. The molecule has 1 heterocycles. The number of methoxy groups -OCH3 is 1. The highest BCUT2D eigenvalue weighted by Gasteiger charge is 2.22. The summed E-state index contributed by atoms with van der Waals surface area (Å²) in [6, 6.07) is 15.2. The molecule has 0 bridgehead atoms. The first-order valence-electron chi connectivity index (χ1n) is 9.02. The van der Waals surface area contributed by atoms with Gasteiger partial charge < -0.3 is 14.5 Å². The Hall–Kier alpha value is -2.34. The lowest BCUT2D eigenvalue weighted by atomic mass is 10.1. The number of anilines is 1. The molecular weight excluding hydrogens is 408 g/mol. The van der Waals surface area contributed by atoms with Gasteiger partial charge in [0, 0.05) is 54.7 Å². The Morgan fingerprint density at radius 2 is 1.56 bits per heavy atom. The summed E-state index contributed by atoms with van der Waals surface area (Å²) in [4.78, 5) is 28.8. The number of nitrogens with zero attached hydrogens (tertiary/aromatic N) is 2. The molecule has 0 aliphatic carbocycles. The summed E-state index contributed by atoms with van der Waals surface area (Å²) in [6.07, 6.45) is 0.511. The minimum Gasteiger partial charge on any atom is -0.497 e. The number of benzene rings is 2. The first-order chi connectivity index (χ1) is 13.1. The molecule has 27 heavy (non-hydrogen) atoms. The average Bonchev–Trinajstić information content (AvgIpc) is 2.72. The zero-order valence-corrected chi connectivity index (χ0v) is 16.9. The van der Waals surface area contributed by atoms with Crippen LogP contribution in [0.25, 0.3) is 0 Å². The Labute approximate surface area is 168 Å². The van der Waals surface area contributed by atoms with Gasteiger partial charge in [-0.3, -0.25) is 9.59 Å². The van der Waals surface area contributed by atoms with E-state index in [1.165, 1.54) is 0 Å². The van der Waals surface area contributed by atoms with E-state index in [1.54, 1.807) is 19.2 Å². The van der Waals surface area contributed by atoms with Crippen LogP contribution in [0.2, 0.25) is 0 Å². The molecule has 1 amide bonds. The van der Waals surface area contributed by atoms with Crippen LogP contribution in [-0.4, -0.2) is 49.9 Å². The summed E-state index contributed by atoms with van der Waals surface area (Å²) in [5.74, 6) is 0.894. The minimum atomic E-state index is 0.00715. The molecule has 0 aromatic heterocycles. The van der Waals surface area contributed by atoms with Crippen LogP contribution in [-0.2, 0) is 4.79 Å². The third-order valence-electron chi connectivity index (χ3n) is 4.80. The molecule has 0 N–H and O–H groups in total. The first-order valence-corrected chi connectivity index (χ1v) is 9.81. The molecule has 0 radical (unpaired) electrons. The normalized spacial score (nSPS) is 14.1. The Kier molecular flexibility index (Phi) is 6.50. The van der Waals surface area contributed by atoms with Crippen molar-refractivity contribution in [2.24, 2.45) is 0 Å². The maximum absolute atomic E-state index is 12.4. The van der Waals surface area contributed by atoms with E-state index in [0.29, 0.717) is 18.7 Å². The van der Waals surface area contributed by atoms with Crippen molar-refractivity contribution in [3.8, 4) is 5.75 Å². The van der Waals surface area contributed by atoms with Gasteiger partial charge in [0.1, 0.15) is 5.75 Å². The highest BCUT2D eigenvalue weighted by molar-refractivity contribution is 9.10. The van der Waals surface area contributed by atoms with Gasteiger partial charge in [-0.05, 0) is 36.4 Å². The SMILES string of the molecule is COc1ccc(N2CCN(C(=O)CCC(=O)c3ccc(Br)cc3)CC2)cc1. The van der Waals surface area contributed by atoms with E-state index in [0.717, 1.165) is 29.0 Å². The largest absolute Gasteiger partial charge is 0.497 e. The number of halogens is 1. The van der Waals surface area contributed by atoms with E-state index in [1.807, 2.05) is 41.3 Å². The van der Waals surface area contributed by atoms with Crippen LogP contribution in [0, 0.1) is 0 Å². The molecule has 3 rings (SSSR count). The number of ether oxygens (including phenoxy) is 1. The summed E-state index contributed by atoms with van der Waals surface area (Å²) >= 11 is 3.36. The van der Waals surface area contributed by atoms with Gasteiger partial charge in [0.15, 0.2) is 5.78 Å². The van der Waals surface area contributed by atoms with Crippen molar-refractivity contribution in [2.75, 3.05) is 38.2 Å². The van der Waals surface area contributed by atoms with Crippen molar-refractivity contribution in [1.82, 2.24) is 4.90 Å². The molecule has 2 aromatic carbocycles. The lowest BCUT2D eigenvalue weighted by Crippen LogP contribution is -2.48. The Balaban J connectivity index is 1.46. The van der Waals surface area contributed by atoms with Gasteiger partial charge in [0.05, 0.1) is 7.11 Å². The van der Waals surface area contributed by atoms with E-state index in [4.69, 9.17) is 4.74 Å². The summed E-state index contributed by atoms with van der Waals surface area (Å²) in [6.45, 7) is 2.94. The fourth-order valence-electron chi connectivity index (χ4n) is 3.17. The molecule has 1 saturated heterocycles. The predicted octanol–water partition coefficient (Wildman–Crippen LogP) is 3.77. The predicted molar refractivity (Wildman–Crippen MR) is 109 cm³/mol. The monoisotopic (exact) mass is 430 g/mol. The van der Waals surface area contributed by atoms with Crippen molar-refractivity contribution in [1.29, 1.82) is 0 Å². The summed E-state index contributed by atoms with van der Waals surface area (Å²) in [5.41, 5.74) is 1.78. The molecule has 142 valence electrons. The second kappa shape index (κ2) is 9.04. The highest BCUT2D eigenvalue weighted by Crippen LogP contribution is 2.21. The van der Waals surface area contributed by atoms with E-state index < -0.39 is 0 Å². The number of amides is 1. The standard InChI is InChI=1S/C21H23BrN2O3/c1-27-19-8-6-18(7-9-19)23-12-14-24(15-13-23)21(26)11-10-20(25)16-2-4-17(22)5-3-16/h2-9H,10-15H2,1H3. The van der Waals surface area contributed by atoms with Gasteiger partial charge in [-0.1, -0.05) is 28.1 Å². The number of piperazine rings is 1. The van der Waals surface area contributed by atoms with Gasteiger partial charge in [-0.2, -0.15) is 0 Å². The summed E-state index contributed by atoms with van der Waals surface area (Å²) in [5, 5.41) is 0. The summed E-state index contributed by atoms with van der Waals surface area (Å²) in [7, 11) is 1.65. The van der Waals surface area contributed by atoms with Gasteiger partial charge in [-0.25, -0.2) is 0 Å². The molecule has 1 aliphatic heterocycles. The molecule has 6 heteroatoms. The molecule has 5 nitrogen and oxygen atoms in total. The Bertz CT molecular complexity index is 782. The van der Waals surface area contributed by atoms with Crippen molar-refractivity contribution in [3.63, 3.8) is 0 Å². The number of carbonyl (C=O) groups is 2. The number of rotatable bonds is 6. The maximum Gasteiger partial charge on any atom is 0.223 e. The van der Waals surface area contributed by atoms with Crippen LogP contribution in [0.5, 0.6) is 5.75 Å². The molecule has 0 unspecified atom stereocenters. The first kappa shape index (κ1) is 19.4. The molecule has 1 aliphatic rings. The van der Waals surface area contributed by atoms with Crippen LogP contribution >= 0.6 is 15.9 Å². The van der Waals surface area contributed by atoms with Gasteiger partial charge in [-0.15, -0.1) is 0 Å². The fourth-order valence-corrected chi connectivity index (χ4v) is 3.43. The topological polar surface area (TPSA) is 49.9 Å². The van der Waals surface area contributed by atoms with E-state index in [2.05, 4.69) is 20.8 Å². The molecule has 2 aromatic rings. The lowest BCUT2D eigenvalue weighted by Gasteiger charge is -2.36. The van der Waals surface area contributed by atoms with E-state index >= 15 is 0 Å². The molecule has 1 fully saturated rings. The minimum absolute atomic E-state index is 0.00715. The third-order valence-corrected chi connectivity index (χ3v) is 5.33. The number of carbonyl (C=O) groups excluding carboxylic acids is 2. The number of ketones is 1. The Morgan fingerprint density at radius 3 is 2.15 bits per heavy atom. The zero-order valence-electron chi connectivity index (χ0n) is 15.4. The molecule has 0 atom stereocenters. The smallest absolute Gasteiger partial charge is 0.223 e. The fraction of sp³-hybridized carbons (Fsp3) is 0.333. The van der Waals surface area contributed by atoms with Crippen LogP contribution in [0.1, 0.15) is 23.2 Å². The lowest BCUT2D eigenvalue weighted by molar-refractivity contribution is -0.131. The number of hydrogen-bond donors (Lipinski definition) is 0. The molecule has 0 saturated carbocycles.